The molecular weight excluding hydrogens is 280 g/mol. The first kappa shape index (κ1) is 19.0. The van der Waals surface area contributed by atoms with E-state index in [0.29, 0.717) is 5.92 Å². The molecule has 3 atom stereocenters. The highest BCUT2D eigenvalue weighted by atomic mass is 16.4. The molecule has 1 rings (SSSR count). The van der Waals surface area contributed by atoms with Crippen molar-refractivity contribution in [2.45, 2.75) is 84.5 Å². The predicted octanol–water partition coefficient (Wildman–Crippen LogP) is 4.72. The molecule has 2 N–H and O–H groups in total. The SMILES string of the molecule is CC1CCCCC1(C)C(CCCCCCCC(=O)O)C(=O)O. The van der Waals surface area contributed by atoms with Crippen LogP contribution in [-0.4, -0.2) is 22.2 Å². The Kier molecular flexibility index (Phi) is 7.91. The number of hydrogen-bond donors (Lipinski definition) is 2. The number of rotatable bonds is 10. The summed E-state index contributed by atoms with van der Waals surface area (Å²) in [4.78, 5) is 22.2. The van der Waals surface area contributed by atoms with Gasteiger partial charge in [0, 0.05) is 6.42 Å². The molecule has 4 heteroatoms. The molecule has 3 unspecified atom stereocenters. The monoisotopic (exact) mass is 312 g/mol. The van der Waals surface area contributed by atoms with Crippen LogP contribution in [0.4, 0.5) is 0 Å². The molecule has 0 aromatic rings. The first-order chi connectivity index (χ1) is 10.4. The summed E-state index contributed by atoms with van der Waals surface area (Å²) in [5.74, 6) is -1.12. The summed E-state index contributed by atoms with van der Waals surface area (Å²) in [7, 11) is 0. The van der Waals surface area contributed by atoms with Crippen molar-refractivity contribution in [2.24, 2.45) is 17.3 Å². The Morgan fingerprint density at radius 3 is 2.32 bits per heavy atom. The molecule has 0 spiro atoms. The predicted molar refractivity (Wildman–Crippen MR) is 86.8 cm³/mol. The van der Waals surface area contributed by atoms with Gasteiger partial charge in [-0.3, -0.25) is 9.59 Å². The second kappa shape index (κ2) is 9.16. The molecular formula is C18H32O4. The van der Waals surface area contributed by atoms with Crippen LogP contribution in [0.2, 0.25) is 0 Å². The number of aliphatic carboxylic acids is 2. The summed E-state index contributed by atoms with van der Waals surface area (Å²) in [6.45, 7) is 4.38. The summed E-state index contributed by atoms with van der Waals surface area (Å²) in [5, 5.41) is 18.2. The maximum absolute atomic E-state index is 11.7. The lowest BCUT2D eigenvalue weighted by Gasteiger charge is -2.44. The third kappa shape index (κ3) is 5.62. The second-order valence-corrected chi connectivity index (χ2v) is 7.24. The minimum absolute atomic E-state index is 0.0621. The van der Waals surface area contributed by atoms with Gasteiger partial charge in [-0.05, 0) is 30.6 Å². The van der Waals surface area contributed by atoms with Gasteiger partial charge >= 0.3 is 11.9 Å². The minimum atomic E-state index is -0.731. The molecule has 1 fully saturated rings. The topological polar surface area (TPSA) is 74.6 Å². The fraction of sp³-hybridized carbons (Fsp3) is 0.889. The number of carboxylic acid groups (broad SMARTS) is 2. The zero-order valence-corrected chi connectivity index (χ0v) is 14.1. The van der Waals surface area contributed by atoms with Gasteiger partial charge in [0.2, 0.25) is 0 Å². The van der Waals surface area contributed by atoms with E-state index in [1.807, 2.05) is 0 Å². The van der Waals surface area contributed by atoms with Crippen molar-refractivity contribution in [2.75, 3.05) is 0 Å². The van der Waals surface area contributed by atoms with Crippen LogP contribution in [0.15, 0.2) is 0 Å². The van der Waals surface area contributed by atoms with Crippen LogP contribution >= 0.6 is 0 Å². The molecule has 0 aromatic carbocycles. The first-order valence-corrected chi connectivity index (χ1v) is 8.82. The molecule has 22 heavy (non-hydrogen) atoms. The van der Waals surface area contributed by atoms with Gasteiger partial charge in [-0.15, -0.1) is 0 Å². The van der Waals surface area contributed by atoms with Gasteiger partial charge in [0.15, 0.2) is 0 Å². The van der Waals surface area contributed by atoms with E-state index in [1.165, 1.54) is 6.42 Å². The molecule has 4 nitrogen and oxygen atoms in total. The van der Waals surface area contributed by atoms with Crippen molar-refractivity contribution in [3.63, 3.8) is 0 Å². The third-order valence-corrected chi connectivity index (χ3v) is 5.71. The molecule has 1 aliphatic carbocycles. The molecule has 0 amide bonds. The van der Waals surface area contributed by atoms with Crippen LogP contribution in [0.25, 0.3) is 0 Å². The van der Waals surface area contributed by atoms with E-state index in [4.69, 9.17) is 5.11 Å². The van der Waals surface area contributed by atoms with Gasteiger partial charge < -0.3 is 10.2 Å². The number of carboxylic acids is 2. The smallest absolute Gasteiger partial charge is 0.307 e. The quantitative estimate of drug-likeness (QED) is 0.572. The zero-order valence-electron chi connectivity index (χ0n) is 14.1. The number of hydrogen-bond acceptors (Lipinski definition) is 2. The van der Waals surface area contributed by atoms with E-state index in [2.05, 4.69) is 13.8 Å². The summed E-state index contributed by atoms with van der Waals surface area (Å²) in [5.41, 5.74) is -0.0621. The van der Waals surface area contributed by atoms with Crippen LogP contribution in [0.1, 0.15) is 84.5 Å². The average molecular weight is 312 g/mol. The molecule has 0 aromatic heterocycles. The molecule has 128 valence electrons. The summed E-state index contributed by atoms with van der Waals surface area (Å²) in [6, 6.07) is 0. The van der Waals surface area contributed by atoms with Crippen molar-refractivity contribution < 1.29 is 19.8 Å². The van der Waals surface area contributed by atoms with Crippen molar-refractivity contribution in [1.29, 1.82) is 0 Å². The number of carbonyl (C=O) groups is 2. The minimum Gasteiger partial charge on any atom is -0.481 e. The Hall–Kier alpha value is -1.06. The lowest BCUT2D eigenvalue weighted by molar-refractivity contribution is -0.149. The van der Waals surface area contributed by atoms with E-state index in [0.717, 1.165) is 57.8 Å². The van der Waals surface area contributed by atoms with E-state index < -0.39 is 11.9 Å². The standard InChI is InChI=1S/C18H32O4/c1-14-10-8-9-13-18(14,2)15(17(21)22)11-6-4-3-5-7-12-16(19)20/h14-15H,3-13H2,1-2H3,(H,19,20)(H,21,22). The van der Waals surface area contributed by atoms with Gasteiger partial charge in [0.1, 0.15) is 0 Å². The van der Waals surface area contributed by atoms with Gasteiger partial charge in [-0.2, -0.15) is 0 Å². The Morgan fingerprint density at radius 2 is 1.73 bits per heavy atom. The van der Waals surface area contributed by atoms with E-state index in [9.17, 15) is 14.7 Å². The van der Waals surface area contributed by atoms with Crippen LogP contribution < -0.4 is 0 Å². The van der Waals surface area contributed by atoms with Gasteiger partial charge in [-0.25, -0.2) is 0 Å². The Morgan fingerprint density at radius 1 is 1.09 bits per heavy atom. The van der Waals surface area contributed by atoms with E-state index in [1.54, 1.807) is 0 Å². The molecule has 0 heterocycles. The summed E-state index contributed by atoms with van der Waals surface area (Å²) < 4.78 is 0. The van der Waals surface area contributed by atoms with Gasteiger partial charge in [0.05, 0.1) is 5.92 Å². The molecule has 0 aliphatic heterocycles. The highest BCUT2D eigenvalue weighted by Gasteiger charge is 2.43. The van der Waals surface area contributed by atoms with Crippen molar-refractivity contribution in [3.8, 4) is 0 Å². The van der Waals surface area contributed by atoms with E-state index >= 15 is 0 Å². The fourth-order valence-electron chi connectivity index (χ4n) is 3.94. The van der Waals surface area contributed by atoms with Crippen LogP contribution in [0.5, 0.6) is 0 Å². The highest BCUT2D eigenvalue weighted by molar-refractivity contribution is 5.71. The molecule has 0 radical (unpaired) electrons. The molecule has 1 saturated carbocycles. The van der Waals surface area contributed by atoms with Crippen LogP contribution in [0.3, 0.4) is 0 Å². The lowest BCUT2D eigenvalue weighted by Crippen LogP contribution is -2.40. The Labute approximate surface area is 134 Å². The maximum atomic E-state index is 11.7. The lowest BCUT2D eigenvalue weighted by atomic mass is 9.60. The second-order valence-electron chi connectivity index (χ2n) is 7.24. The third-order valence-electron chi connectivity index (χ3n) is 5.71. The fourth-order valence-corrected chi connectivity index (χ4v) is 3.94. The first-order valence-electron chi connectivity index (χ1n) is 8.82. The zero-order chi connectivity index (χ0) is 16.6. The molecule has 1 aliphatic rings. The molecule has 0 saturated heterocycles. The van der Waals surface area contributed by atoms with E-state index in [-0.39, 0.29) is 17.8 Å². The average Bonchev–Trinajstić information content (AvgIpc) is 2.44. The van der Waals surface area contributed by atoms with Crippen molar-refractivity contribution in [3.05, 3.63) is 0 Å². The van der Waals surface area contributed by atoms with Crippen molar-refractivity contribution >= 4 is 11.9 Å². The largest absolute Gasteiger partial charge is 0.481 e. The van der Waals surface area contributed by atoms with Crippen LogP contribution in [0, 0.1) is 17.3 Å². The van der Waals surface area contributed by atoms with Gasteiger partial charge in [-0.1, -0.05) is 58.8 Å². The van der Waals surface area contributed by atoms with Crippen LogP contribution in [-0.2, 0) is 9.59 Å². The number of unbranched alkanes of at least 4 members (excludes halogenated alkanes) is 4. The van der Waals surface area contributed by atoms with Crippen molar-refractivity contribution in [1.82, 2.24) is 0 Å². The van der Waals surface area contributed by atoms with Gasteiger partial charge in [0.25, 0.3) is 0 Å². The highest BCUT2D eigenvalue weighted by Crippen LogP contribution is 2.48. The normalized spacial score (nSPS) is 26.5. The summed E-state index contributed by atoms with van der Waals surface area (Å²) in [6.07, 6.45) is 10.2. The molecule has 0 bridgehead atoms. The maximum Gasteiger partial charge on any atom is 0.307 e. The Bertz CT molecular complexity index is 366. The summed E-state index contributed by atoms with van der Waals surface area (Å²) >= 11 is 0. The Balaban J connectivity index is 2.35.